The second kappa shape index (κ2) is 7.69. The van der Waals surface area contributed by atoms with E-state index in [-0.39, 0.29) is 37.2 Å². The lowest BCUT2D eigenvalue weighted by molar-refractivity contribution is 0.125. The topological polar surface area (TPSA) is 92.2 Å². The van der Waals surface area contributed by atoms with Crippen molar-refractivity contribution in [3.05, 3.63) is 18.5 Å². The summed E-state index contributed by atoms with van der Waals surface area (Å²) in [6, 6.07) is 0.910. The van der Waals surface area contributed by atoms with E-state index in [1.165, 1.54) is 0 Å². The van der Waals surface area contributed by atoms with Gasteiger partial charge in [0, 0.05) is 43.0 Å². The highest BCUT2D eigenvalue weighted by Crippen LogP contribution is 2.33. The molecule has 30 heavy (non-hydrogen) atoms. The van der Waals surface area contributed by atoms with Gasteiger partial charge in [-0.1, -0.05) is 0 Å². The van der Waals surface area contributed by atoms with Gasteiger partial charge in [-0.05, 0) is 32.8 Å². The Bertz CT molecular complexity index is 1030. The van der Waals surface area contributed by atoms with Crippen LogP contribution in [-0.2, 0) is 10.0 Å². The van der Waals surface area contributed by atoms with Crippen molar-refractivity contribution < 1.29 is 17.2 Å². The zero-order chi connectivity index (χ0) is 21.7. The first-order chi connectivity index (χ1) is 14.0. The first-order valence-corrected chi connectivity index (χ1v) is 12.0. The first kappa shape index (κ1) is 21.4. The molecule has 2 aliphatic heterocycles. The van der Waals surface area contributed by atoms with Crippen molar-refractivity contribution in [1.29, 1.82) is 0 Å². The summed E-state index contributed by atoms with van der Waals surface area (Å²) in [6.07, 6.45) is 3.05. The summed E-state index contributed by atoms with van der Waals surface area (Å²) in [5.74, 6) is 0.256. The third kappa shape index (κ3) is 4.28. The number of rotatable bonds is 4. The molecule has 4 rings (SSSR count). The number of anilines is 1. The number of halogens is 2. The lowest BCUT2D eigenvalue weighted by Gasteiger charge is -2.39. The molecule has 2 aromatic heterocycles. The number of sulfonamides is 1. The van der Waals surface area contributed by atoms with Crippen LogP contribution in [0.15, 0.2) is 18.5 Å². The second-order valence-electron chi connectivity index (χ2n) is 8.92. The van der Waals surface area contributed by atoms with Crippen molar-refractivity contribution in [3.63, 3.8) is 0 Å². The van der Waals surface area contributed by atoms with E-state index in [1.54, 1.807) is 6.20 Å². The van der Waals surface area contributed by atoms with Crippen molar-refractivity contribution >= 4 is 27.0 Å². The van der Waals surface area contributed by atoms with Gasteiger partial charge < -0.3 is 15.2 Å². The van der Waals surface area contributed by atoms with Gasteiger partial charge in [-0.25, -0.2) is 22.2 Å². The molecular weight excluding hydrogens is 414 g/mol. The van der Waals surface area contributed by atoms with Gasteiger partial charge in [0.1, 0.15) is 18.0 Å². The molecule has 8 nitrogen and oxygen atoms in total. The molecule has 2 aliphatic rings. The normalized spacial score (nSPS) is 30.4. The average molecular weight is 443 g/mol. The molecule has 0 unspecified atom stereocenters. The van der Waals surface area contributed by atoms with Crippen LogP contribution in [-0.4, -0.2) is 77.1 Å². The quantitative estimate of drug-likeness (QED) is 0.751. The number of nitrogens with zero attached hydrogens (tertiary/aromatic N) is 4. The lowest BCUT2D eigenvalue weighted by atomic mass is 9.88. The maximum Gasteiger partial charge on any atom is 0.224 e. The van der Waals surface area contributed by atoms with Gasteiger partial charge >= 0.3 is 0 Å². The van der Waals surface area contributed by atoms with Gasteiger partial charge in [0.25, 0.3) is 0 Å². The lowest BCUT2D eigenvalue weighted by Crippen LogP contribution is -2.52. The summed E-state index contributed by atoms with van der Waals surface area (Å²) in [4.78, 5) is 8.81. The SMILES string of the molecule is CC1(C)C[C@H](n2ccc3cnc(N[C@@H]4CCN(S(C)(=O)=O)C[C@H]4F)nc32)[C@@H](F)CN1. The fourth-order valence-corrected chi connectivity index (χ4v) is 5.14. The van der Waals surface area contributed by atoms with Gasteiger partial charge in [0.15, 0.2) is 0 Å². The van der Waals surface area contributed by atoms with Crippen molar-refractivity contribution in [2.75, 3.05) is 31.2 Å². The van der Waals surface area contributed by atoms with Crippen LogP contribution in [0.4, 0.5) is 14.7 Å². The molecule has 11 heteroatoms. The van der Waals surface area contributed by atoms with Crippen molar-refractivity contribution in [2.45, 2.75) is 56.7 Å². The van der Waals surface area contributed by atoms with E-state index in [9.17, 15) is 17.2 Å². The molecule has 0 aliphatic carbocycles. The molecule has 2 N–H and O–H groups in total. The van der Waals surface area contributed by atoms with Crippen LogP contribution < -0.4 is 10.6 Å². The summed E-state index contributed by atoms with van der Waals surface area (Å²) in [5, 5.41) is 7.00. The van der Waals surface area contributed by atoms with Gasteiger partial charge in [-0.2, -0.15) is 9.29 Å². The van der Waals surface area contributed by atoms with E-state index in [1.807, 2.05) is 30.7 Å². The molecule has 0 saturated carbocycles. The van der Waals surface area contributed by atoms with Crippen molar-refractivity contribution in [2.24, 2.45) is 0 Å². The first-order valence-electron chi connectivity index (χ1n) is 10.1. The highest BCUT2D eigenvalue weighted by molar-refractivity contribution is 7.88. The Morgan fingerprint density at radius 3 is 2.77 bits per heavy atom. The molecule has 0 amide bonds. The van der Waals surface area contributed by atoms with Gasteiger partial charge in [0.2, 0.25) is 16.0 Å². The van der Waals surface area contributed by atoms with E-state index in [4.69, 9.17) is 0 Å². The summed E-state index contributed by atoms with van der Waals surface area (Å²) in [7, 11) is -3.42. The number of aromatic nitrogens is 3. The summed E-state index contributed by atoms with van der Waals surface area (Å²) in [5.41, 5.74) is 0.411. The molecule has 2 saturated heterocycles. The Labute approximate surface area is 175 Å². The largest absolute Gasteiger partial charge is 0.348 e. The van der Waals surface area contributed by atoms with E-state index in [0.717, 1.165) is 15.9 Å². The minimum atomic E-state index is -3.42. The monoisotopic (exact) mass is 442 g/mol. The highest BCUT2D eigenvalue weighted by Gasteiger charge is 2.37. The molecule has 0 bridgehead atoms. The van der Waals surface area contributed by atoms with Gasteiger partial charge in [0.05, 0.1) is 18.3 Å². The maximum absolute atomic E-state index is 14.7. The van der Waals surface area contributed by atoms with Crippen LogP contribution in [0.25, 0.3) is 11.0 Å². The number of hydrogen-bond acceptors (Lipinski definition) is 6. The smallest absolute Gasteiger partial charge is 0.224 e. The molecule has 4 heterocycles. The minimum Gasteiger partial charge on any atom is -0.348 e. The van der Waals surface area contributed by atoms with E-state index >= 15 is 0 Å². The molecule has 2 aromatic rings. The number of fused-ring (bicyclic) bond motifs is 1. The fourth-order valence-electron chi connectivity index (χ4n) is 4.29. The second-order valence-corrected chi connectivity index (χ2v) is 10.9. The molecule has 0 radical (unpaired) electrons. The van der Waals surface area contributed by atoms with Crippen LogP contribution in [0.5, 0.6) is 0 Å². The fraction of sp³-hybridized carbons (Fsp3) is 0.684. The zero-order valence-electron chi connectivity index (χ0n) is 17.3. The van der Waals surface area contributed by atoms with E-state index < -0.39 is 28.4 Å². The number of hydrogen-bond donors (Lipinski definition) is 2. The Hall–Kier alpha value is -1.85. The van der Waals surface area contributed by atoms with Crippen LogP contribution in [0.1, 0.15) is 32.7 Å². The number of piperidine rings is 2. The standard InChI is InChI=1S/C19H28F2N6O2S/c1-19(2)8-16(13(20)10-23-19)27-7-4-12-9-22-18(25-17(12)27)24-15-5-6-26(11-14(15)21)30(3,28)29/h4,7,9,13-16,23H,5-6,8,10-11H2,1-3H3,(H,22,24,25)/t13-,14+,15+,16-/m0/s1. The molecule has 0 aromatic carbocycles. The summed E-state index contributed by atoms with van der Waals surface area (Å²) >= 11 is 0. The van der Waals surface area contributed by atoms with Crippen LogP contribution in [0.3, 0.4) is 0 Å². The minimum absolute atomic E-state index is 0.188. The highest BCUT2D eigenvalue weighted by atomic mass is 32.2. The Morgan fingerprint density at radius 1 is 1.30 bits per heavy atom. The Kier molecular flexibility index (Phi) is 5.48. The average Bonchev–Trinajstić information content (AvgIpc) is 3.07. The maximum atomic E-state index is 14.7. The predicted molar refractivity (Wildman–Crippen MR) is 112 cm³/mol. The van der Waals surface area contributed by atoms with Crippen molar-refractivity contribution in [1.82, 2.24) is 24.2 Å². The van der Waals surface area contributed by atoms with E-state index in [0.29, 0.717) is 18.5 Å². The number of alkyl halides is 2. The molecule has 2 fully saturated rings. The van der Waals surface area contributed by atoms with E-state index in [2.05, 4.69) is 20.6 Å². The molecular formula is C19H28F2N6O2S. The molecule has 4 atom stereocenters. The van der Waals surface area contributed by atoms with Crippen LogP contribution in [0.2, 0.25) is 0 Å². The summed E-state index contributed by atoms with van der Waals surface area (Å²) < 4.78 is 55.6. The van der Waals surface area contributed by atoms with Gasteiger partial charge in [-0.3, -0.25) is 0 Å². The molecule has 0 spiro atoms. The predicted octanol–water partition coefficient (Wildman–Crippen LogP) is 1.87. The van der Waals surface area contributed by atoms with Crippen molar-refractivity contribution in [3.8, 4) is 0 Å². The third-order valence-corrected chi connectivity index (χ3v) is 7.28. The Morgan fingerprint density at radius 2 is 2.07 bits per heavy atom. The number of nitrogens with one attached hydrogen (secondary N) is 2. The summed E-state index contributed by atoms with van der Waals surface area (Å²) in [6.45, 7) is 4.41. The van der Waals surface area contributed by atoms with Crippen LogP contribution >= 0.6 is 0 Å². The van der Waals surface area contributed by atoms with Gasteiger partial charge in [-0.15, -0.1) is 0 Å². The molecule has 166 valence electrons. The Balaban J connectivity index is 1.55. The zero-order valence-corrected chi connectivity index (χ0v) is 18.2. The third-order valence-electron chi connectivity index (χ3n) is 6.01. The van der Waals surface area contributed by atoms with Crippen LogP contribution in [0, 0.1) is 0 Å².